The molecule has 0 saturated heterocycles. The summed E-state index contributed by atoms with van der Waals surface area (Å²) in [7, 11) is 0. The number of fused-ring (bicyclic) bond motifs is 1. The molecule has 4 heteroatoms. The van der Waals surface area contributed by atoms with Gasteiger partial charge in [-0.3, -0.25) is 4.79 Å². The maximum absolute atomic E-state index is 12.1. The molecule has 1 amide bonds. The van der Waals surface area contributed by atoms with Crippen LogP contribution in [-0.2, 0) is 11.2 Å². The number of hydrogen-bond donors (Lipinski definition) is 2. The first-order chi connectivity index (χ1) is 10.1. The van der Waals surface area contributed by atoms with Crippen LogP contribution in [0.2, 0.25) is 0 Å². The number of aromatic amines is 1. The van der Waals surface area contributed by atoms with Crippen molar-refractivity contribution in [3.8, 4) is 0 Å². The van der Waals surface area contributed by atoms with E-state index in [-0.39, 0.29) is 5.91 Å². The summed E-state index contributed by atoms with van der Waals surface area (Å²) in [6.07, 6.45) is 0.349. The number of hydrogen-bond acceptors (Lipinski definition) is 2. The Morgan fingerprint density at radius 3 is 2.67 bits per heavy atom. The molecule has 0 unspecified atom stereocenters. The molecular weight excluding hydrogens is 262 g/mol. The van der Waals surface area contributed by atoms with Gasteiger partial charge in [-0.25, -0.2) is 4.98 Å². The number of aromatic nitrogens is 2. The smallest absolute Gasteiger partial charge is 0.228 e. The standard InChI is InChI=1S/C17H17N3O/c1-11-3-6-14(7-4-11)20-17(21)10-13-5-8-15-16(9-13)19-12(2)18-15/h3-9H,10H2,1-2H3,(H,18,19)(H,20,21). The monoisotopic (exact) mass is 279 g/mol. The van der Waals surface area contributed by atoms with Crippen LogP contribution in [-0.4, -0.2) is 15.9 Å². The number of carbonyl (C=O) groups is 1. The quantitative estimate of drug-likeness (QED) is 0.772. The van der Waals surface area contributed by atoms with Crippen molar-refractivity contribution < 1.29 is 4.79 Å². The molecule has 1 heterocycles. The van der Waals surface area contributed by atoms with Gasteiger partial charge in [-0.05, 0) is 43.7 Å². The Morgan fingerprint density at radius 2 is 1.90 bits per heavy atom. The number of benzene rings is 2. The molecule has 2 N–H and O–H groups in total. The summed E-state index contributed by atoms with van der Waals surface area (Å²) >= 11 is 0. The van der Waals surface area contributed by atoms with Gasteiger partial charge in [0, 0.05) is 5.69 Å². The van der Waals surface area contributed by atoms with Gasteiger partial charge in [0.2, 0.25) is 5.91 Å². The molecule has 0 aliphatic heterocycles. The van der Waals surface area contributed by atoms with Crippen LogP contribution in [0.5, 0.6) is 0 Å². The molecule has 0 aliphatic carbocycles. The molecule has 106 valence electrons. The third kappa shape index (κ3) is 3.11. The zero-order chi connectivity index (χ0) is 14.8. The summed E-state index contributed by atoms with van der Waals surface area (Å²) in [6.45, 7) is 3.94. The van der Waals surface area contributed by atoms with Crippen molar-refractivity contribution in [2.24, 2.45) is 0 Å². The summed E-state index contributed by atoms with van der Waals surface area (Å²) in [6, 6.07) is 13.6. The Labute approximate surface area is 123 Å². The van der Waals surface area contributed by atoms with Crippen molar-refractivity contribution in [1.82, 2.24) is 9.97 Å². The number of H-pyrrole nitrogens is 1. The Morgan fingerprint density at radius 1 is 1.14 bits per heavy atom. The lowest BCUT2D eigenvalue weighted by atomic mass is 10.1. The fraction of sp³-hybridized carbons (Fsp3) is 0.176. The van der Waals surface area contributed by atoms with Crippen molar-refractivity contribution in [3.05, 3.63) is 59.4 Å². The van der Waals surface area contributed by atoms with Gasteiger partial charge in [-0.15, -0.1) is 0 Å². The van der Waals surface area contributed by atoms with E-state index in [1.807, 2.05) is 56.3 Å². The Balaban J connectivity index is 1.71. The molecule has 2 aromatic carbocycles. The molecule has 4 nitrogen and oxygen atoms in total. The number of rotatable bonds is 3. The van der Waals surface area contributed by atoms with Gasteiger partial charge >= 0.3 is 0 Å². The van der Waals surface area contributed by atoms with Gasteiger partial charge in [0.15, 0.2) is 0 Å². The summed E-state index contributed by atoms with van der Waals surface area (Å²) in [5.41, 5.74) is 4.86. The molecule has 0 atom stereocenters. The SMILES string of the molecule is Cc1ccc(NC(=O)Cc2ccc3nc(C)[nH]c3c2)cc1. The maximum atomic E-state index is 12.1. The van der Waals surface area contributed by atoms with Gasteiger partial charge in [0.05, 0.1) is 17.5 Å². The number of nitrogens with one attached hydrogen (secondary N) is 2. The van der Waals surface area contributed by atoms with Gasteiger partial charge in [0.25, 0.3) is 0 Å². The number of carbonyl (C=O) groups excluding carboxylic acids is 1. The summed E-state index contributed by atoms with van der Waals surface area (Å²) < 4.78 is 0. The zero-order valence-corrected chi connectivity index (χ0v) is 12.1. The zero-order valence-electron chi connectivity index (χ0n) is 12.1. The predicted molar refractivity (Wildman–Crippen MR) is 84.3 cm³/mol. The number of nitrogens with zero attached hydrogens (tertiary/aromatic N) is 1. The van der Waals surface area contributed by atoms with E-state index in [1.165, 1.54) is 5.56 Å². The Kier molecular flexibility index (Phi) is 3.44. The first kappa shape index (κ1) is 13.4. The highest BCUT2D eigenvalue weighted by Crippen LogP contribution is 2.15. The molecule has 3 aromatic rings. The molecule has 0 fully saturated rings. The minimum Gasteiger partial charge on any atom is -0.342 e. The molecular formula is C17H17N3O. The van der Waals surface area contributed by atoms with E-state index in [0.29, 0.717) is 6.42 Å². The fourth-order valence-corrected chi connectivity index (χ4v) is 2.32. The maximum Gasteiger partial charge on any atom is 0.228 e. The fourth-order valence-electron chi connectivity index (χ4n) is 2.32. The number of amides is 1. The van der Waals surface area contributed by atoms with Crippen molar-refractivity contribution >= 4 is 22.6 Å². The van der Waals surface area contributed by atoms with Crippen molar-refractivity contribution in [2.75, 3.05) is 5.32 Å². The number of anilines is 1. The van der Waals surface area contributed by atoms with Gasteiger partial charge in [-0.1, -0.05) is 23.8 Å². The largest absolute Gasteiger partial charge is 0.342 e. The second-order valence-corrected chi connectivity index (χ2v) is 5.26. The highest BCUT2D eigenvalue weighted by molar-refractivity contribution is 5.92. The molecule has 0 spiro atoms. The van der Waals surface area contributed by atoms with Gasteiger partial charge < -0.3 is 10.3 Å². The van der Waals surface area contributed by atoms with E-state index in [9.17, 15) is 4.79 Å². The van der Waals surface area contributed by atoms with Crippen LogP contribution in [0.3, 0.4) is 0 Å². The summed E-state index contributed by atoms with van der Waals surface area (Å²) in [5.74, 6) is 0.862. The van der Waals surface area contributed by atoms with Gasteiger partial charge in [-0.2, -0.15) is 0 Å². The Bertz CT molecular complexity index is 787. The van der Waals surface area contributed by atoms with E-state index >= 15 is 0 Å². The van der Waals surface area contributed by atoms with Crippen molar-refractivity contribution in [2.45, 2.75) is 20.3 Å². The minimum atomic E-state index is -0.0190. The van der Waals surface area contributed by atoms with E-state index in [2.05, 4.69) is 15.3 Å². The molecule has 0 bridgehead atoms. The normalized spacial score (nSPS) is 10.8. The third-order valence-corrected chi connectivity index (χ3v) is 3.36. The van der Waals surface area contributed by atoms with Crippen LogP contribution in [0.15, 0.2) is 42.5 Å². The van der Waals surface area contributed by atoms with Crippen LogP contribution in [0.1, 0.15) is 17.0 Å². The van der Waals surface area contributed by atoms with Crippen LogP contribution >= 0.6 is 0 Å². The highest BCUT2D eigenvalue weighted by atomic mass is 16.1. The molecule has 21 heavy (non-hydrogen) atoms. The van der Waals surface area contributed by atoms with Crippen LogP contribution < -0.4 is 5.32 Å². The summed E-state index contributed by atoms with van der Waals surface area (Å²) in [4.78, 5) is 19.6. The number of imidazole rings is 1. The average molecular weight is 279 g/mol. The second-order valence-electron chi connectivity index (χ2n) is 5.26. The Hall–Kier alpha value is -2.62. The molecule has 1 aromatic heterocycles. The molecule has 0 radical (unpaired) electrons. The van der Waals surface area contributed by atoms with E-state index < -0.39 is 0 Å². The van der Waals surface area contributed by atoms with E-state index in [4.69, 9.17) is 0 Å². The topological polar surface area (TPSA) is 57.8 Å². The lowest BCUT2D eigenvalue weighted by Gasteiger charge is -2.05. The van der Waals surface area contributed by atoms with Crippen LogP contribution in [0.25, 0.3) is 11.0 Å². The lowest BCUT2D eigenvalue weighted by molar-refractivity contribution is -0.115. The predicted octanol–water partition coefficient (Wildman–Crippen LogP) is 3.36. The van der Waals surface area contributed by atoms with Crippen LogP contribution in [0.4, 0.5) is 5.69 Å². The van der Waals surface area contributed by atoms with E-state index in [0.717, 1.165) is 28.1 Å². The molecule has 0 aliphatic rings. The first-order valence-corrected chi connectivity index (χ1v) is 6.92. The number of aryl methyl sites for hydroxylation is 2. The van der Waals surface area contributed by atoms with Gasteiger partial charge in [0.1, 0.15) is 5.82 Å². The first-order valence-electron chi connectivity index (χ1n) is 6.92. The van der Waals surface area contributed by atoms with Crippen LogP contribution in [0, 0.1) is 13.8 Å². The van der Waals surface area contributed by atoms with E-state index in [1.54, 1.807) is 0 Å². The van der Waals surface area contributed by atoms with Crippen molar-refractivity contribution in [3.63, 3.8) is 0 Å². The molecule has 0 saturated carbocycles. The second kappa shape index (κ2) is 5.40. The average Bonchev–Trinajstić information content (AvgIpc) is 2.80. The summed E-state index contributed by atoms with van der Waals surface area (Å²) in [5, 5.41) is 2.91. The highest BCUT2D eigenvalue weighted by Gasteiger charge is 2.06. The lowest BCUT2D eigenvalue weighted by Crippen LogP contribution is -2.14. The minimum absolute atomic E-state index is 0.0190. The molecule has 3 rings (SSSR count). The van der Waals surface area contributed by atoms with Crippen molar-refractivity contribution in [1.29, 1.82) is 0 Å². The third-order valence-electron chi connectivity index (χ3n) is 3.36.